The quantitative estimate of drug-likeness (QED) is 0.858. The van der Waals surface area contributed by atoms with Crippen LogP contribution in [-0.4, -0.2) is 27.0 Å². The molecule has 0 aromatic heterocycles. The van der Waals surface area contributed by atoms with Crippen LogP contribution in [-0.2, 0) is 19.1 Å². The Balaban J connectivity index is 1.65. The number of hydrogen-bond donors (Lipinski definition) is 1. The summed E-state index contributed by atoms with van der Waals surface area (Å²) in [6.07, 6.45) is 5.44. The van der Waals surface area contributed by atoms with E-state index in [9.17, 15) is 13.2 Å². The molecule has 5 nitrogen and oxygen atoms in total. The van der Waals surface area contributed by atoms with Gasteiger partial charge < -0.3 is 9.50 Å². The maximum absolute atomic E-state index is 12.3. The maximum Gasteiger partial charge on any atom is 0.341 e. The molecule has 2 fully saturated rings. The fraction of sp³-hybridized carbons (Fsp3) is 0.588. The molecule has 126 valence electrons. The first-order valence-corrected chi connectivity index (χ1v) is 9.65. The van der Waals surface area contributed by atoms with Crippen molar-refractivity contribution < 1.29 is 17.4 Å². The molecule has 1 aliphatic heterocycles. The smallest absolute Gasteiger partial charge is 0.341 e. The summed E-state index contributed by atoms with van der Waals surface area (Å²) in [7, 11) is -4.04. The van der Waals surface area contributed by atoms with Gasteiger partial charge in [-0.25, -0.2) is 4.79 Å². The van der Waals surface area contributed by atoms with E-state index in [1.807, 2.05) is 6.92 Å². The average molecular weight is 337 g/mol. The second kappa shape index (κ2) is 6.61. The summed E-state index contributed by atoms with van der Waals surface area (Å²) in [6.45, 7) is 2.64. The Labute approximate surface area is 137 Å². The predicted molar refractivity (Wildman–Crippen MR) is 86.3 cm³/mol. The molecule has 1 aromatic rings. The minimum atomic E-state index is -4.04. The standard InChI is InChI=1S/C17H23NO4S/c1-12-6-8-15(9-7-12)23(20,21)22-17(19)16-10-13-4-2-3-5-14(13)11-18-16/h6-9,13-14,16,18H,2-5,10-11H2,1H3. The van der Waals surface area contributed by atoms with Crippen molar-refractivity contribution in [1.29, 1.82) is 0 Å². The summed E-state index contributed by atoms with van der Waals surface area (Å²) in [6, 6.07) is 5.78. The van der Waals surface area contributed by atoms with Crippen LogP contribution in [0.4, 0.5) is 0 Å². The second-order valence-electron chi connectivity index (χ2n) is 6.67. The van der Waals surface area contributed by atoms with Crippen LogP contribution in [0.3, 0.4) is 0 Å². The van der Waals surface area contributed by atoms with E-state index < -0.39 is 22.1 Å². The topological polar surface area (TPSA) is 72.5 Å². The van der Waals surface area contributed by atoms with Gasteiger partial charge in [0.1, 0.15) is 10.9 Å². The molecule has 0 radical (unpaired) electrons. The molecule has 1 aromatic carbocycles. The van der Waals surface area contributed by atoms with Crippen molar-refractivity contribution in [1.82, 2.24) is 5.32 Å². The van der Waals surface area contributed by atoms with Crippen molar-refractivity contribution >= 4 is 16.1 Å². The van der Waals surface area contributed by atoms with Gasteiger partial charge in [-0.15, -0.1) is 0 Å². The van der Waals surface area contributed by atoms with E-state index in [4.69, 9.17) is 4.18 Å². The Kier molecular flexibility index (Phi) is 4.73. The van der Waals surface area contributed by atoms with Crippen LogP contribution in [0.1, 0.15) is 37.7 Å². The molecule has 23 heavy (non-hydrogen) atoms. The van der Waals surface area contributed by atoms with Crippen molar-refractivity contribution in [2.24, 2.45) is 11.8 Å². The minimum Gasteiger partial charge on any atom is -0.341 e. The van der Waals surface area contributed by atoms with E-state index in [2.05, 4.69) is 5.32 Å². The number of rotatable bonds is 3. The van der Waals surface area contributed by atoms with Crippen LogP contribution in [0.25, 0.3) is 0 Å². The molecule has 0 amide bonds. The maximum atomic E-state index is 12.3. The van der Waals surface area contributed by atoms with Crippen LogP contribution in [0.2, 0.25) is 0 Å². The van der Waals surface area contributed by atoms with Gasteiger partial charge in [0, 0.05) is 0 Å². The molecule has 1 heterocycles. The molecule has 1 aliphatic carbocycles. The third-order valence-corrected chi connectivity index (χ3v) is 6.25. The number of fused-ring (bicyclic) bond motifs is 1. The lowest BCUT2D eigenvalue weighted by Gasteiger charge is -2.38. The van der Waals surface area contributed by atoms with E-state index in [1.165, 1.54) is 31.4 Å². The van der Waals surface area contributed by atoms with Gasteiger partial charge in [0.15, 0.2) is 0 Å². The largest absolute Gasteiger partial charge is 0.341 e. The summed E-state index contributed by atoms with van der Waals surface area (Å²) < 4.78 is 29.3. The van der Waals surface area contributed by atoms with Gasteiger partial charge in [0.05, 0.1) is 0 Å². The number of piperidine rings is 1. The van der Waals surface area contributed by atoms with Gasteiger partial charge >= 0.3 is 16.1 Å². The van der Waals surface area contributed by atoms with Gasteiger partial charge in [-0.2, -0.15) is 8.42 Å². The number of carbonyl (C=O) groups is 1. The summed E-state index contributed by atoms with van der Waals surface area (Å²) >= 11 is 0. The molecular formula is C17H23NO4S. The molecule has 1 saturated carbocycles. The molecule has 2 aliphatic rings. The zero-order valence-corrected chi connectivity index (χ0v) is 14.1. The Morgan fingerprint density at radius 1 is 1.13 bits per heavy atom. The normalized spacial score (nSPS) is 28.0. The van der Waals surface area contributed by atoms with Crippen LogP contribution in [0.15, 0.2) is 29.2 Å². The lowest BCUT2D eigenvalue weighted by atomic mass is 9.74. The lowest BCUT2D eigenvalue weighted by Crippen LogP contribution is -2.49. The van der Waals surface area contributed by atoms with Gasteiger partial charge in [-0.05, 0) is 50.3 Å². The second-order valence-corrected chi connectivity index (χ2v) is 8.22. The molecule has 1 saturated heterocycles. The monoisotopic (exact) mass is 337 g/mol. The Morgan fingerprint density at radius 3 is 2.48 bits per heavy atom. The van der Waals surface area contributed by atoms with Gasteiger partial charge in [0.2, 0.25) is 0 Å². The minimum absolute atomic E-state index is 0.0165. The highest BCUT2D eigenvalue weighted by atomic mass is 32.2. The summed E-state index contributed by atoms with van der Waals surface area (Å²) in [5.41, 5.74) is 0.951. The van der Waals surface area contributed by atoms with Crippen LogP contribution in [0.5, 0.6) is 0 Å². The number of hydrogen-bond acceptors (Lipinski definition) is 5. The van der Waals surface area contributed by atoms with Crippen LogP contribution in [0, 0.1) is 18.8 Å². The summed E-state index contributed by atoms with van der Waals surface area (Å²) in [5, 5.41) is 3.16. The third kappa shape index (κ3) is 3.75. The Morgan fingerprint density at radius 2 is 1.78 bits per heavy atom. The molecule has 3 rings (SSSR count). The predicted octanol–water partition coefficient (Wildman–Crippen LogP) is 2.40. The van der Waals surface area contributed by atoms with Crippen molar-refractivity contribution in [2.75, 3.05) is 6.54 Å². The zero-order valence-electron chi connectivity index (χ0n) is 13.3. The Hall–Kier alpha value is -1.40. The fourth-order valence-corrected chi connectivity index (χ4v) is 4.54. The highest BCUT2D eigenvalue weighted by molar-refractivity contribution is 7.87. The molecular weight excluding hydrogens is 314 g/mol. The van der Waals surface area contributed by atoms with Crippen molar-refractivity contribution in [3.8, 4) is 0 Å². The first-order valence-electron chi connectivity index (χ1n) is 8.24. The number of aryl methyl sites for hydroxylation is 1. The van der Waals surface area contributed by atoms with Crippen LogP contribution < -0.4 is 5.32 Å². The zero-order chi connectivity index (χ0) is 16.4. The lowest BCUT2D eigenvalue weighted by molar-refractivity contribution is -0.137. The number of benzene rings is 1. The fourth-order valence-electron chi connectivity index (χ4n) is 3.64. The van der Waals surface area contributed by atoms with Gasteiger partial charge in [0.25, 0.3) is 0 Å². The number of nitrogens with one attached hydrogen (secondary N) is 1. The van der Waals surface area contributed by atoms with Crippen LogP contribution >= 0.6 is 0 Å². The summed E-state index contributed by atoms with van der Waals surface area (Å²) in [5.74, 6) is 0.431. The average Bonchev–Trinajstić information content (AvgIpc) is 2.54. The van der Waals surface area contributed by atoms with E-state index in [-0.39, 0.29) is 4.90 Å². The molecule has 1 N–H and O–H groups in total. The molecule has 0 bridgehead atoms. The van der Waals surface area contributed by atoms with E-state index >= 15 is 0 Å². The van der Waals surface area contributed by atoms with Crippen molar-refractivity contribution in [3.05, 3.63) is 29.8 Å². The van der Waals surface area contributed by atoms with Crippen molar-refractivity contribution in [3.63, 3.8) is 0 Å². The SMILES string of the molecule is Cc1ccc(S(=O)(=O)OC(=O)C2CC3CCCCC3CN2)cc1. The van der Waals surface area contributed by atoms with Gasteiger partial charge in [-0.3, -0.25) is 0 Å². The Bertz CT molecular complexity index is 668. The third-order valence-electron chi connectivity index (χ3n) is 5.02. The van der Waals surface area contributed by atoms with E-state index in [1.54, 1.807) is 12.1 Å². The first-order chi connectivity index (χ1) is 11.0. The molecule has 3 atom stereocenters. The van der Waals surface area contributed by atoms with E-state index in [0.29, 0.717) is 18.3 Å². The molecule has 6 heteroatoms. The first kappa shape index (κ1) is 16.5. The van der Waals surface area contributed by atoms with Gasteiger partial charge in [-0.1, -0.05) is 37.0 Å². The summed E-state index contributed by atoms with van der Waals surface area (Å²) in [4.78, 5) is 12.3. The number of carbonyl (C=O) groups excluding carboxylic acids is 1. The highest BCUT2D eigenvalue weighted by Crippen LogP contribution is 2.35. The molecule has 3 unspecified atom stereocenters. The highest BCUT2D eigenvalue weighted by Gasteiger charge is 2.37. The van der Waals surface area contributed by atoms with Crippen molar-refractivity contribution in [2.45, 2.75) is 50.0 Å². The van der Waals surface area contributed by atoms with E-state index in [0.717, 1.165) is 18.5 Å². The molecule has 0 spiro atoms.